The molecule has 0 atom stereocenters. The van der Waals surface area contributed by atoms with Crippen LogP contribution in [0.3, 0.4) is 0 Å². The number of carboxylic acid groups (broad SMARTS) is 2. The average molecular weight is 571 g/mol. The van der Waals surface area contributed by atoms with E-state index in [-0.39, 0.29) is 13.2 Å². The summed E-state index contributed by atoms with van der Waals surface area (Å²) in [6.07, 6.45) is 8.88. The Hall–Kier alpha value is -4.36. The van der Waals surface area contributed by atoms with Gasteiger partial charge in [-0.05, 0) is 45.0 Å². The minimum absolute atomic E-state index is 0. The fraction of sp³-hybridized carbons (Fsp3) is 0.296. The van der Waals surface area contributed by atoms with Gasteiger partial charge in [0.05, 0.1) is 41.4 Å². The smallest absolute Gasteiger partial charge is 0.328 e. The number of rotatable bonds is 7. The number of aromatic nitrogens is 4. The second kappa shape index (κ2) is 13.6. The van der Waals surface area contributed by atoms with Crippen LogP contribution in [0.1, 0.15) is 31.2 Å². The number of ether oxygens (including phenoxy) is 1. The van der Waals surface area contributed by atoms with Crippen molar-refractivity contribution in [3.63, 3.8) is 0 Å². The molecule has 0 bridgehead atoms. The summed E-state index contributed by atoms with van der Waals surface area (Å²) >= 11 is 1.61. The number of halogens is 1. The molecule has 3 aromatic heterocycles. The monoisotopic (exact) mass is 570 g/mol. The Balaban J connectivity index is 0.000000431. The van der Waals surface area contributed by atoms with Crippen LogP contribution in [-0.2, 0) is 9.59 Å². The van der Waals surface area contributed by atoms with Crippen LogP contribution in [0.5, 0.6) is 5.75 Å². The van der Waals surface area contributed by atoms with Crippen molar-refractivity contribution in [1.82, 2.24) is 25.1 Å². The zero-order valence-electron chi connectivity index (χ0n) is 21.2. The molecular weight excluding hydrogens is 539 g/mol. The normalized spacial score (nSPS) is 13.4. The lowest BCUT2D eigenvalue weighted by Gasteiger charge is -2.22. The van der Waals surface area contributed by atoms with Crippen molar-refractivity contribution in [2.45, 2.75) is 33.2 Å². The highest BCUT2D eigenvalue weighted by Gasteiger charge is 2.19. The second-order valence-corrected chi connectivity index (χ2v) is 9.87. The van der Waals surface area contributed by atoms with Gasteiger partial charge in [-0.25, -0.2) is 23.9 Å². The fourth-order valence-electron chi connectivity index (χ4n) is 4.20. The lowest BCUT2D eigenvalue weighted by Crippen LogP contribution is -2.29. The summed E-state index contributed by atoms with van der Waals surface area (Å²) in [6, 6.07) is 4.99. The van der Waals surface area contributed by atoms with Gasteiger partial charge in [0.2, 0.25) is 5.95 Å². The van der Waals surface area contributed by atoms with Crippen molar-refractivity contribution in [3.05, 3.63) is 59.6 Å². The molecule has 212 valence electrons. The van der Waals surface area contributed by atoms with Crippen molar-refractivity contribution in [1.29, 1.82) is 0 Å². The Morgan fingerprint density at radius 2 is 1.90 bits per heavy atom. The number of hydrogen-bond acceptors (Lipinski definition) is 9. The molecule has 40 heavy (non-hydrogen) atoms. The van der Waals surface area contributed by atoms with E-state index in [1.807, 2.05) is 24.0 Å². The Morgan fingerprint density at radius 3 is 2.55 bits per heavy atom. The van der Waals surface area contributed by atoms with Crippen molar-refractivity contribution >= 4 is 45.1 Å². The number of nitrogens with one attached hydrogen (secondary N) is 2. The first-order chi connectivity index (χ1) is 18.7. The number of thiophene rings is 1. The molecule has 11 nitrogen and oxygen atoms in total. The molecule has 0 unspecified atom stereocenters. The van der Waals surface area contributed by atoms with Gasteiger partial charge in [0.1, 0.15) is 11.6 Å². The van der Waals surface area contributed by atoms with Crippen molar-refractivity contribution in [3.8, 4) is 16.9 Å². The maximum absolute atomic E-state index is 13.7. The van der Waals surface area contributed by atoms with Crippen LogP contribution in [0.15, 0.2) is 48.9 Å². The van der Waals surface area contributed by atoms with Crippen LogP contribution in [0.2, 0.25) is 0 Å². The largest absolute Gasteiger partial charge is 0.496 e. The van der Waals surface area contributed by atoms with Gasteiger partial charge < -0.3 is 25.6 Å². The van der Waals surface area contributed by atoms with Gasteiger partial charge >= 0.3 is 11.9 Å². The number of methoxy groups -OCH3 is 1. The average Bonchev–Trinajstić information content (AvgIpc) is 3.52. The molecule has 13 heteroatoms. The number of aryl methyl sites for hydroxylation is 1. The van der Waals surface area contributed by atoms with Crippen LogP contribution in [0, 0.1) is 12.7 Å². The third-order valence-corrected chi connectivity index (χ3v) is 6.98. The molecule has 0 aliphatic carbocycles. The standard InChI is InChI=1S/C22H23FN6OS.C4H4O4.CH4/c1-13-20(17-4-3-14(23)9-18(17)30-2)21-19(31-13)11-25-22(28-21)27-15-10-26-29(12-15)16-5-7-24-8-6-16;5-3(6)1-2-4(7)8;/h3-4,9-12,16,24H,5-8H2,1-2H3,(H,25,27,28);1-2H,(H,5,6)(H,7,8);1H4/b;2-1+;. The molecule has 1 fully saturated rings. The minimum atomic E-state index is -1.26. The lowest BCUT2D eigenvalue weighted by molar-refractivity contribution is -0.134. The van der Waals surface area contributed by atoms with E-state index in [2.05, 4.69) is 20.7 Å². The van der Waals surface area contributed by atoms with Crippen LogP contribution >= 0.6 is 11.3 Å². The molecule has 0 radical (unpaired) electrons. The van der Waals surface area contributed by atoms with E-state index in [1.165, 1.54) is 12.1 Å². The first-order valence-electron chi connectivity index (χ1n) is 12.0. The number of carboxylic acids is 2. The molecule has 0 amide bonds. The van der Waals surface area contributed by atoms with Crippen LogP contribution < -0.4 is 15.4 Å². The van der Waals surface area contributed by atoms with E-state index < -0.39 is 11.9 Å². The van der Waals surface area contributed by atoms with E-state index in [0.29, 0.717) is 29.9 Å². The summed E-state index contributed by atoms with van der Waals surface area (Å²) < 4.78 is 22.1. The van der Waals surface area contributed by atoms with E-state index in [1.54, 1.807) is 30.7 Å². The van der Waals surface area contributed by atoms with E-state index >= 15 is 0 Å². The summed E-state index contributed by atoms with van der Waals surface area (Å²) in [6.45, 7) is 4.06. The number of carbonyl (C=O) groups is 2. The van der Waals surface area contributed by atoms with Gasteiger partial charge in [-0.3, -0.25) is 4.68 Å². The number of benzene rings is 1. The highest BCUT2D eigenvalue weighted by molar-refractivity contribution is 7.19. The maximum Gasteiger partial charge on any atom is 0.328 e. The molecule has 1 aliphatic heterocycles. The number of aliphatic carboxylic acids is 2. The molecule has 1 saturated heterocycles. The maximum atomic E-state index is 13.7. The molecule has 1 aromatic carbocycles. The first-order valence-corrected chi connectivity index (χ1v) is 12.8. The highest BCUT2D eigenvalue weighted by atomic mass is 32.1. The predicted molar refractivity (Wildman–Crippen MR) is 152 cm³/mol. The molecule has 5 rings (SSSR count). The highest BCUT2D eigenvalue weighted by Crippen LogP contribution is 2.41. The molecular formula is C27H31FN6O5S. The van der Waals surface area contributed by atoms with Gasteiger partial charge in [-0.2, -0.15) is 5.10 Å². The zero-order valence-corrected chi connectivity index (χ0v) is 22.0. The number of nitrogens with zero attached hydrogens (tertiary/aromatic N) is 4. The SMILES string of the molecule is C.COc1cc(F)ccc1-c1c(C)sc2cnc(Nc3cnn(C4CCNCC4)c3)nc12.O=C(O)/C=C/C(=O)O. The van der Waals surface area contributed by atoms with Gasteiger partial charge in [-0.1, -0.05) is 7.43 Å². The number of anilines is 2. The van der Waals surface area contributed by atoms with E-state index in [4.69, 9.17) is 19.9 Å². The van der Waals surface area contributed by atoms with E-state index in [9.17, 15) is 14.0 Å². The van der Waals surface area contributed by atoms with Crippen molar-refractivity contribution in [2.24, 2.45) is 0 Å². The fourth-order valence-corrected chi connectivity index (χ4v) is 5.19. The predicted octanol–water partition coefficient (Wildman–Crippen LogP) is 5.03. The summed E-state index contributed by atoms with van der Waals surface area (Å²) in [4.78, 5) is 29.4. The molecule has 4 heterocycles. The van der Waals surface area contributed by atoms with Crippen molar-refractivity contribution in [2.75, 3.05) is 25.5 Å². The summed E-state index contributed by atoms with van der Waals surface area (Å²) in [7, 11) is 1.55. The van der Waals surface area contributed by atoms with Crippen LogP contribution in [0.4, 0.5) is 16.0 Å². The third-order valence-electron chi connectivity index (χ3n) is 5.95. The number of piperidine rings is 1. The molecule has 0 saturated carbocycles. The Bertz CT molecular complexity index is 1500. The van der Waals surface area contributed by atoms with Gasteiger partial charge in [0, 0.05) is 40.4 Å². The third kappa shape index (κ3) is 7.39. The lowest BCUT2D eigenvalue weighted by atomic mass is 10.0. The summed E-state index contributed by atoms with van der Waals surface area (Å²) in [5.41, 5.74) is 3.42. The van der Waals surface area contributed by atoms with E-state index in [0.717, 1.165) is 57.8 Å². The molecule has 0 spiro atoms. The Labute approximate surface area is 234 Å². The van der Waals surface area contributed by atoms with Crippen LogP contribution in [0.25, 0.3) is 21.3 Å². The Kier molecular flexibility index (Phi) is 10.3. The quantitative estimate of drug-likeness (QED) is 0.223. The summed E-state index contributed by atoms with van der Waals surface area (Å²) in [5, 5.41) is 26.8. The molecule has 4 N–H and O–H groups in total. The molecule has 1 aliphatic rings. The number of fused-ring (bicyclic) bond motifs is 1. The van der Waals surface area contributed by atoms with Gasteiger partial charge in [-0.15, -0.1) is 11.3 Å². The van der Waals surface area contributed by atoms with Gasteiger partial charge in [0.25, 0.3) is 0 Å². The summed E-state index contributed by atoms with van der Waals surface area (Å²) in [5.74, 6) is -1.86. The van der Waals surface area contributed by atoms with Gasteiger partial charge in [0.15, 0.2) is 0 Å². The topological polar surface area (TPSA) is 151 Å². The van der Waals surface area contributed by atoms with Crippen molar-refractivity contribution < 1.29 is 28.9 Å². The number of hydrogen-bond donors (Lipinski definition) is 4. The first kappa shape index (κ1) is 30.2. The van der Waals surface area contributed by atoms with Crippen LogP contribution in [-0.4, -0.2) is 62.1 Å². The second-order valence-electron chi connectivity index (χ2n) is 8.61. The minimum Gasteiger partial charge on any atom is -0.496 e. The molecule has 4 aromatic rings. The zero-order chi connectivity index (χ0) is 27.9. The Morgan fingerprint density at radius 1 is 1.20 bits per heavy atom.